The largest absolute Gasteiger partial charge is 0.508 e. The van der Waals surface area contributed by atoms with E-state index >= 15 is 0 Å². The molecule has 0 fully saturated rings. The summed E-state index contributed by atoms with van der Waals surface area (Å²) >= 11 is 6.21. The van der Waals surface area contributed by atoms with Gasteiger partial charge in [-0.1, -0.05) is 29.8 Å². The number of carbonyl (C=O) groups excluding carboxylic acids is 1. The van der Waals surface area contributed by atoms with Gasteiger partial charge in [0.15, 0.2) is 0 Å². The molecule has 2 aromatic carbocycles. The Balaban J connectivity index is 1.94. The van der Waals surface area contributed by atoms with Crippen molar-refractivity contribution in [3.63, 3.8) is 0 Å². The number of nitrogens with one attached hydrogen (secondary N) is 1. The van der Waals surface area contributed by atoms with Gasteiger partial charge in [-0.2, -0.15) is 5.10 Å². The normalized spacial score (nSPS) is 11.9. The molecule has 3 N–H and O–H groups in total. The molecule has 1 aromatic heterocycles. The lowest BCUT2D eigenvalue weighted by Gasteiger charge is -2.16. The number of nitrogens with zero attached hydrogens (tertiary/aromatic N) is 1. The zero-order valence-corrected chi connectivity index (χ0v) is 14.5. The van der Waals surface area contributed by atoms with Crippen molar-refractivity contribution >= 4 is 18.1 Å². The van der Waals surface area contributed by atoms with E-state index in [0.717, 1.165) is 5.56 Å². The number of carbonyl (C=O) groups is 1. The van der Waals surface area contributed by atoms with Crippen molar-refractivity contribution in [2.75, 3.05) is 0 Å². The molecule has 1 heterocycles. The Morgan fingerprint density at radius 1 is 1.19 bits per heavy atom. The van der Waals surface area contributed by atoms with E-state index in [9.17, 15) is 15.0 Å². The Hall–Kier alpha value is -2.83. The molecule has 0 saturated heterocycles. The number of aromatic nitrogens is 2. The molecular formula is C19H17ClN2O4. The highest BCUT2D eigenvalue weighted by molar-refractivity contribution is 6.31. The molecule has 1 atom stereocenters. The van der Waals surface area contributed by atoms with Crippen molar-refractivity contribution in [1.82, 2.24) is 10.2 Å². The van der Waals surface area contributed by atoms with Gasteiger partial charge in [0, 0.05) is 28.1 Å². The summed E-state index contributed by atoms with van der Waals surface area (Å²) in [5.41, 5.74) is 3.26. The molecule has 0 spiro atoms. The molecule has 3 rings (SSSR count). The summed E-state index contributed by atoms with van der Waals surface area (Å²) in [7, 11) is 0. The van der Waals surface area contributed by atoms with Crippen molar-refractivity contribution in [3.05, 3.63) is 70.4 Å². The van der Waals surface area contributed by atoms with Gasteiger partial charge in [-0.15, -0.1) is 0 Å². The van der Waals surface area contributed by atoms with E-state index in [1.54, 1.807) is 42.5 Å². The first-order chi connectivity index (χ1) is 12.6. The van der Waals surface area contributed by atoms with Gasteiger partial charge < -0.3 is 14.9 Å². The Morgan fingerprint density at radius 3 is 2.58 bits per heavy atom. The predicted molar refractivity (Wildman–Crippen MR) is 96.7 cm³/mol. The summed E-state index contributed by atoms with van der Waals surface area (Å²) in [5, 5.41) is 26.9. The molecule has 0 aliphatic carbocycles. The maximum atomic E-state index is 10.9. The molecule has 0 aliphatic rings. The number of hydrogen-bond donors (Lipinski definition) is 3. The minimum Gasteiger partial charge on any atom is -0.508 e. The van der Waals surface area contributed by atoms with Crippen LogP contribution >= 0.6 is 11.6 Å². The van der Waals surface area contributed by atoms with Crippen LogP contribution in [0.25, 0.3) is 11.3 Å². The second-order valence-corrected chi connectivity index (χ2v) is 6.08. The Kier molecular flexibility index (Phi) is 5.55. The topological polar surface area (TPSA) is 95.4 Å². The first-order valence-corrected chi connectivity index (χ1v) is 8.31. The van der Waals surface area contributed by atoms with Gasteiger partial charge in [0.05, 0.1) is 18.0 Å². The lowest BCUT2D eigenvalue weighted by Crippen LogP contribution is -2.09. The first-order valence-electron chi connectivity index (χ1n) is 7.94. The van der Waals surface area contributed by atoms with E-state index in [1.165, 1.54) is 0 Å². The summed E-state index contributed by atoms with van der Waals surface area (Å²) in [6, 6.07) is 13.7. The van der Waals surface area contributed by atoms with E-state index in [0.29, 0.717) is 34.0 Å². The van der Waals surface area contributed by atoms with Crippen molar-refractivity contribution in [1.29, 1.82) is 0 Å². The van der Waals surface area contributed by atoms with Gasteiger partial charge in [-0.05, 0) is 30.3 Å². The van der Waals surface area contributed by atoms with Gasteiger partial charge in [0.1, 0.15) is 11.9 Å². The standard InChI is InChI=1S/C19H17ClN2O4/c20-16-4-2-1-3-14(16)18(26-11-24)9-17-15(10-23)19(22-21-17)12-5-7-13(25)8-6-12/h1-8,11,18,23,25H,9-10H2,(H,21,22). The molecule has 0 radical (unpaired) electrons. The van der Waals surface area contributed by atoms with E-state index < -0.39 is 6.10 Å². The van der Waals surface area contributed by atoms with Crippen molar-refractivity contribution in [2.24, 2.45) is 0 Å². The minimum atomic E-state index is -0.623. The number of benzene rings is 2. The molecule has 3 aromatic rings. The van der Waals surface area contributed by atoms with Crippen molar-refractivity contribution in [2.45, 2.75) is 19.1 Å². The average Bonchev–Trinajstić information content (AvgIpc) is 3.05. The van der Waals surface area contributed by atoms with Crippen molar-refractivity contribution in [3.8, 4) is 17.0 Å². The monoisotopic (exact) mass is 372 g/mol. The van der Waals surface area contributed by atoms with Gasteiger partial charge in [-0.3, -0.25) is 9.89 Å². The summed E-state index contributed by atoms with van der Waals surface area (Å²) in [6.07, 6.45) is -0.366. The van der Waals surface area contributed by atoms with Crippen LogP contribution in [0.1, 0.15) is 22.9 Å². The Bertz CT molecular complexity index is 893. The number of aromatic amines is 1. The fourth-order valence-electron chi connectivity index (χ4n) is 2.82. The van der Waals surface area contributed by atoms with Gasteiger partial charge in [0.25, 0.3) is 6.47 Å². The zero-order valence-electron chi connectivity index (χ0n) is 13.7. The van der Waals surface area contributed by atoms with Crippen LogP contribution in [0.15, 0.2) is 48.5 Å². The lowest BCUT2D eigenvalue weighted by atomic mass is 10.00. The number of aromatic hydroxyl groups is 1. The second kappa shape index (κ2) is 8.03. The highest BCUT2D eigenvalue weighted by Gasteiger charge is 2.22. The highest BCUT2D eigenvalue weighted by Crippen LogP contribution is 2.31. The van der Waals surface area contributed by atoms with Crippen LogP contribution < -0.4 is 0 Å². The minimum absolute atomic E-state index is 0.150. The quantitative estimate of drug-likeness (QED) is 0.552. The zero-order chi connectivity index (χ0) is 18.5. The molecule has 7 heteroatoms. The number of halogens is 1. The van der Waals surface area contributed by atoms with Crippen LogP contribution in [0, 0.1) is 0 Å². The summed E-state index contributed by atoms with van der Waals surface area (Å²) in [4.78, 5) is 10.9. The summed E-state index contributed by atoms with van der Waals surface area (Å²) in [5.74, 6) is 0.150. The molecule has 0 saturated carbocycles. The van der Waals surface area contributed by atoms with Crippen LogP contribution in [-0.2, 0) is 22.6 Å². The molecule has 0 bridgehead atoms. The van der Waals surface area contributed by atoms with E-state index in [-0.39, 0.29) is 18.8 Å². The van der Waals surface area contributed by atoms with Crippen LogP contribution in [0.5, 0.6) is 5.75 Å². The average molecular weight is 373 g/mol. The number of H-pyrrole nitrogens is 1. The third-order valence-electron chi connectivity index (χ3n) is 4.12. The second-order valence-electron chi connectivity index (χ2n) is 5.68. The molecular weight excluding hydrogens is 356 g/mol. The first kappa shape index (κ1) is 18.0. The number of hydrogen-bond acceptors (Lipinski definition) is 5. The fraction of sp³-hybridized carbons (Fsp3) is 0.158. The SMILES string of the molecule is O=COC(Cc1n[nH]c(-c2ccc(O)cc2)c1CO)c1ccccc1Cl. The van der Waals surface area contributed by atoms with Crippen LogP contribution in [0.4, 0.5) is 0 Å². The molecule has 0 aliphatic heterocycles. The number of rotatable bonds is 7. The van der Waals surface area contributed by atoms with E-state index in [1.807, 2.05) is 6.07 Å². The molecule has 134 valence electrons. The van der Waals surface area contributed by atoms with Gasteiger partial charge in [-0.25, -0.2) is 0 Å². The molecule has 1 unspecified atom stereocenters. The number of phenolic OH excluding ortho intramolecular Hbond substituents is 1. The number of phenols is 1. The Labute approximate surface area is 155 Å². The maximum absolute atomic E-state index is 10.9. The number of aliphatic hydroxyl groups is 1. The van der Waals surface area contributed by atoms with E-state index in [4.69, 9.17) is 16.3 Å². The van der Waals surface area contributed by atoms with Gasteiger partial charge in [0.2, 0.25) is 0 Å². The smallest absolute Gasteiger partial charge is 0.293 e. The van der Waals surface area contributed by atoms with Crippen LogP contribution in [0.2, 0.25) is 5.02 Å². The number of ether oxygens (including phenoxy) is 1. The fourth-order valence-corrected chi connectivity index (χ4v) is 3.08. The predicted octanol–water partition coefficient (Wildman–Crippen LogP) is 3.38. The van der Waals surface area contributed by atoms with Gasteiger partial charge >= 0.3 is 0 Å². The molecule has 0 amide bonds. The maximum Gasteiger partial charge on any atom is 0.293 e. The summed E-state index contributed by atoms with van der Waals surface area (Å²) in [6.45, 7) is 0.137. The Morgan fingerprint density at radius 2 is 1.92 bits per heavy atom. The van der Waals surface area contributed by atoms with Crippen LogP contribution in [0.3, 0.4) is 0 Å². The lowest BCUT2D eigenvalue weighted by molar-refractivity contribution is -0.133. The molecule has 26 heavy (non-hydrogen) atoms. The molecule has 6 nitrogen and oxygen atoms in total. The van der Waals surface area contributed by atoms with E-state index in [2.05, 4.69) is 10.2 Å². The third-order valence-corrected chi connectivity index (χ3v) is 4.46. The van der Waals surface area contributed by atoms with Crippen LogP contribution in [-0.4, -0.2) is 26.9 Å². The van der Waals surface area contributed by atoms with Crippen molar-refractivity contribution < 1.29 is 19.7 Å². The third kappa shape index (κ3) is 3.71. The number of aliphatic hydroxyl groups excluding tert-OH is 1. The highest BCUT2D eigenvalue weighted by atomic mass is 35.5. The summed E-state index contributed by atoms with van der Waals surface area (Å²) < 4.78 is 5.21.